The van der Waals surface area contributed by atoms with E-state index in [1.165, 1.54) is 136 Å². The van der Waals surface area contributed by atoms with Crippen LogP contribution < -0.4 is 21.3 Å². The Morgan fingerprint density at radius 2 is 0.547 bits per heavy atom. The van der Waals surface area contributed by atoms with E-state index >= 15 is 0 Å². The van der Waals surface area contributed by atoms with Crippen molar-refractivity contribution in [2.45, 2.75) is 197 Å². The van der Waals surface area contributed by atoms with Crippen LogP contribution >= 0.6 is 58.0 Å². The van der Waals surface area contributed by atoms with Crippen LogP contribution in [0.4, 0.5) is 0 Å². The van der Waals surface area contributed by atoms with E-state index < -0.39 is 0 Å². The Labute approximate surface area is 841 Å². The van der Waals surface area contributed by atoms with Crippen molar-refractivity contribution in [1.82, 2.24) is 111 Å². The van der Waals surface area contributed by atoms with Crippen molar-refractivity contribution >= 4 is 58.0 Å². The number of hydrogen-bond acceptors (Lipinski definition) is 16. The van der Waals surface area contributed by atoms with Gasteiger partial charge in [0.15, 0.2) is 0 Å². The van der Waals surface area contributed by atoms with E-state index in [-0.39, 0.29) is 18.1 Å². The standard InChI is InChI=1S/C28H33ClN6.2C22H25ClN4.C21H23ClN4.C19H19ClN4/c29-23-9-10-26-22(16-23)8-7-21-4-1-12-32-28(21)27(26)11-15-35(13-2-5-24-17-30-19-33-24)14-3-6-25-18-31-20-34-25;23-18-7-8-20-17(13-18)6-5-16-3-1-11-26-22(16)21(20)9-12-24-10-2-4-19-14-25-15-27-19;23-18-9-10-20-17(13-18)8-7-16-5-4-12-25-21(16)22(20)26-11-3-1-2-6-19-14-24-15-27-19;22-17-8-9-19-16(12-17)7-6-15-4-3-11-24-20(15)21(19)25-10-2-1-5-18-13-23-14-26-18;20-15-5-6-17-14(10-15)4-3-13-2-1-8-22-18(13)19(17)23-9-7-16-11-21-12-24-16/h1,4,9-10,12,16-20,27H,2-3,5-8,11,13-15H2,(H,30,33)(H,31,34);1,3,7-8,11,13-15,21,24H,2,4-6,9-10,12H2,(H,25,27);4-5,9-10,12-15,22,26H,1-3,6-8,11H2,(H,24,27);3-4,8-9,11-14,21,25H,1-2,5-7,10H2,(H,23,26);1-2,5-6,8,10-12,19,23H,3-4,7,9H2,(H,21,24). The Morgan fingerprint density at radius 3 is 0.906 bits per heavy atom. The number of unbranched alkanes of at least 4 members (excludes halogenated alkanes) is 3. The van der Waals surface area contributed by atoms with Crippen LogP contribution in [0.15, 0.2) is 258 Å². The summed E-state index contributed by atoms with van der Waals surface area (Å²) in [6.45, 7) is 7.94. The fourth-order valence-electron chi connectivity index (χ4n) is 20.3. The quantitative estimate of drug-likeness (QED) is 0.0165. The molecule has 11 heterocycles. The third kappa shape index (κ3) is 28.0. The van der Waals surface area contributed by atoms with Gasteiger partial charge < -0.3 is 56.1 Å². The predicted molar refractivity (Wildman–Crippen MR) is 558 cm³/mol. The zero-order chi connectivity index (χ0) is 95.0. The number of hydrogen-bond donors (Lipinski definition) is 10. The second kappa shape index (κ2) is 51.5. The number of pyridine rings is 5. The van der Waals surface area contributed by atoms with Crippen molar-refractivity contribution in [1.29, 1.82) is 0 Å². The lowest BCUT2D eigenvalue weighted by Crippen LogP contribution is -2.29. The molecule has 0 saturated heterocycles. The van der Waals surface area contributed by atoms with Crippen LogP contribution in [0.3, 0.4) is 0 Å². The zero-order valence-corrected chi connectivity index (χ0v) is 82.7. The van der Waals surface area contributed by atoms with Gasteiger partial charge in [0, 0.05) is 152 Å². The summed E-state index contributed by atoms with van der Waals surface area (Å²) >= 11 is 31.3. The first-order chi connectivity index (χ1) is 68.5. The van der Waals surface area contributed by atoms with Gasteiger partial charge in [-0.2, -0.15) is 0 Å². The van der Waals surface area contributed by atoms with E-state index in [0.717, 1.165) is 254 Å². The van der Waals surface area contributed by atoms with E-state index in [0.29, 0.717) is 11.8 Å². The Bertz CT molecular complexity index is 6220. The van der Waals surface area contributed by atoms with E-state index in [1.807, 2.05) is 123 Å². The van der Waals surface area contributed by atoms with Gasteiger partial charge in [-0.3, -0.25) is 24.9 Å². The molecular weight excluding hydrogens is 1830 g/mol. The van der Waals surface area contributed by atoms with Crippen molar-refractivity contribution in [3.63, 3.8) is 0 Å². The van der Waals surface area contributed by atoms with Crippen molar-refractivity contribution in [2.75, 3.05) is 52.4 Å². The average Bonchev–Trinajstić information content (AvgIpc) is 1.72. The Hall–Kier alpha value is -11.6. The van der Waals surface area contributed by atoms with Gasteiger partial charge in [0.2, 0.25) is 0 Å². The topological polar surface area (TPSA) is 288 Å². The third-order valence-corrected chi connectivity index (χ3v) is 28.6. The number of nitrogens with one attached hydrogen (secondary N) is 10. The molecule has 5 atom stereocenters. The highest BCUT2D eigenvalue weighted by Crippen LogP contribution is 2.41. The normalized spacial score (nSPS) is 15.7. The van der Waals surface area contributed by atoms with E-state index in [2.05, 4.69) is 188 Å². The van der Waals surface area contributed by atoms with Crippen molar-refractivity contribution in [3.05, 3.63) is 429 Å². The smallest absolute Gasteiger partial charge is 0.0921 e. The number of aromatic nitrogens is 17. The van der Waals surface area contributed by atoms with E-state index in [4.69, 9.17) is 77.9 Å². The number of aromatic amines is 6. The molecule has 11 aromatic heterocycles. The zero-order valence-electron chi connectivity index (χ0n) is 78.9. The summed E-state index contributed by atoms with van der Waals surface area (Å²) in [4.78, 5) is 70.1. The predicted octanol–water partition coefficient (Wildman–Crippen LogP) is 22.1. The van der Waals surface area contributed by atoms with Crippen LogP contribution in [0, 0.1) is 0 Å². The molecule has 139 heavy (non-hydrogen) atoms. The Kier molecular flexibility index (Phi) is 36.7. The van der Waals surface area contributed by atoms with Crippen LogP contribution in [-0.4, -0.2) is 142 Å². The molecule has 5 aliphatic rings. The molecule has 0 amide bonds. The lowest BCUT2D eigenvalue weighted by Gasteiger charge is -2.26. The molecule has 27 heteroatoms. The van der Waals surface area contributed by atoms with Gasteiger partial charge in [0.1, 0.15) is 0 Å². The lowest BCUT2D eigenvalue weighted by atomic mass is 9.88. The summed E-state index contributed by atoms with van der Waals surface area (Å²) in [5.74, 6) is 0.625. The summed E-state index contributed by atoms with van der Waals surface area (Å²) in [5.41, 5.74) is 33.2. The third-order valence-electron chi connectivity index (χ3n) is 27.4. The Morgan fingerprint density at radius 1 is 0.259 bits per heavy atom. The molecule has 10 N–H and O–H groups in total. The molecule has 0 saturated carbocycles. The number of fused-ring (bicyclic) bond motifs is 10. The molecule has 5 unspecified atom stereocenters. The van der Waals surface area contributed by atoms with Crippen LogP contribution in [-0.2, 0) is 103 Å². The number of benzene rings is 5. The summed E-state index contributed by atoms with van der Waals surface area (Å²) in [6.07, 6.45) is 58.8. The molecule has 0 radical (unpaired) electrons. The summed E-state index contributed by atoms with van der Waals surface area (Å²) in [6, 6.07) is 53.1. The number of rotatable bonds is 35. The number of aryl methyl sites for hydroxylation is 15. The minimum Gasteiger partial charge on any atom is -0.348 e. The van der Waals surface area contributed by atoms with Gasteiger partial charge in [0.05, 0.1) is 84.6 Å². The second-order valence-electron chi connectivity index (χ2n) is 36.7. The molecule has 21 rings (SSSR count). The van der Waals surface area contributed by atoms with Crippen molar-refractivity contribution in [2.24, 2.45) is 0 Å². The maximum absolute atomic E-state index is 6.38. The molecule has 22 nitrogen and oxygen atoms in total. The average molecular weight is 1960 g/mol. The fraction of sp³-hybridized carbons (Fsp3) is 0.348. The first kappa shape index (κ1) is 98.9. The maximum atomic E-state index is 6.38. The molecule has 0 bridgehead atoms. The maximum Gasteiger partial charge on any atom is 0.0921 e. The minimum absolute atomic E-state index is 0.0962. The SMILES string of the molecule is Clc1ccc2c(c1)CCc1cccnc1C2CCN(CCCc1cnc[nH]1)CCCc1cnc[nH]1.Clc1ccc2c(c1)CCc1cccnc1C2CCNCCCc1cnc[nH]1.Clc1ccc2c(c1)CCc1cccnc1C2NCCCCCc1cnc[nH]1.Clc1ccc2c(c1)CCc1cccnc1C2NCCCCc1cnc[nH]1.Clc1ccc2c(c1)CCc1cccnc1C2NCCc1cnc[nH]1. The van der Waals surface area contributed by atoms with E-state index in [9.17, 15) is 0 Å². The molecular formula is C112H125Cl5N22. The first-order valence-corrected chi connectivity index (χ1v) is 51.5. The fourth-order valence-corrected chi connectivity index (χ4v) is 21.3. The number of imidazole rings is 6. The number of H-pyrrole nitrogens is 6. The van der Waals surface area contributed by atoms with Gasteiger partial charge in [-0.1, -0.05) is 125 Å². The first-order valence-electron chi connectivity index (χ1n) is 49.6. The summed E-state index contributed by atoms with van der Waals surface area (Å²) in [7, 11) is 0. The van der Waals surface area contributed by atoms with Gasteiger partial charge in [-0.25, -0.2) is 29.9 Å². The highest BCUT2D eigenvalue weighted by atomic mass is 35.5. The van der Waals surface area contributed by atoms with Crippen molar-refractivity contribution in [3.8, 4) is 0 Å². The van der Waals surface area contributed by atoms with Crippen LogP contribution in [0.25, 0.3) is 0 Å². The molecule has 0 spiro atoms. The summed E-state index contributed by atoms with van der Waals surface area (Å²) in [5, 5.41) is 18.8. The molecule has 5 aromatic carbocycles. The molecule has 718 valence electrons. The van der Waals surface area contributed by atoms with Gasteiger partial charge >= 0.3 is 0 Å². The highest BCUT2D eigenvalue weighted by molar-refractivity contribution is 6.32. The molecule has 5 aliphatic carbocycles. The minimum atomic E-state index is 0.0962. The van der Waals surface area contributed by atoms with Crippen LogP contribution in [0.5, 0.6) is 0 Å². The molecule has 0 aliphatic heterocycles. The summed E-state index contributed by atoms with van der Waals surface area (Å²) < 4.78 is 0. The second-order valence-corrected chi connectivity index (χ2v) is 38.9. The van der Waals surface area contributed by atoms with Gasteiger partial charge in [-0.05, 0) is 374 Å². The highest BCUT2D eigenvalue weighted by Gasteiger charge is 2.31. The van der Waals surface area contributed by atoms with Crippen LogP contribution in [0.1, 0.15) is 240 Å². The monoisotopic (exact) mass is 1950 g/mol. The van der Waals surface area contributed by atoms with E-state index in [1.54, 1.807) is 38.0 Å². The van der Waals surface area contributed by atoms with Crippen LogP contribution in [0.2, 0.25) is 25.1 Å². The largest absolute Gasteiger partial charge is 0.348 e. The van der Waals surface area contributed by atoms with Gasteiger partial charge in [0.25, 0.3) is 0 Å². The van der Waals surface area contributed by atoms with Crippen molar-refractivity contribution < 1.29 is 0 Å². The Balaban J connectivity index is 0.000000121. The number of nitrogens with zero attached hydrogens (tertiary/aromatic N) is 12. The van der Waals surface area contributed by atoms with Gasteiger partial charge in [-0.15, -0.1) is 0 Å². The number of halogens is 5. The lowest BCUT2D eigenvalue weighted by molar-refractivity contribution is 0.259. The molecule has 0 fully saturated rings. The molecule has 16 aromatic rings.